The van der Waals surface area contributed by atoms with Gasteiger partial charge in [-0.15, -0.1) is 0 Å². The Kier molecular flexibility index (Phi) is 4.35. The molecule has 20 heavy (non-hydrogen) atoms. The van der Waals surface area contributed by atoms with Crippen molar-refractivity contribution >= 4 is 5.95 Å². The second-order valence-corrected chi connectivity index (χ2v) is 5.90. The number of anilines is 1. The van der Waals surface area contributed by atoms with Crippen LogP contribution in [0.5, 0.6) is 5.88 Å². The molecule has 5 heteroatoms. The van der Waals surface area contributed by atoms with Gasteiger partial charge in [0.1, 0.15) is 6.10 Å². The summed E-state index contributed by atoms with van der Waals surface area (Å²) in [6.07, 6.45) is 10.0. The summed E-state index contributed by atoms with van der Waals surface area (Å²) in [7, 11) is 0. The van der Waals surface area contributed by atoms with E-state index in [1.165, 1.54) is 19.3 Å². The highest BCUT2D eigenvalue weighted by Gasteiger charge is 2.21. The van der Waals surface area contributed by atoms with Crippen molar-refractivity contribution in [2.24, 2.45) is 5.73 Å². The lowest BCUT2D eigenvalue weighted by Crippen LogP contribution is -2.32. The minimum Gasteiger partial charge on any atom is -0.474 e. The first-order chi connectivity index (χ1) is 9.81. The van der Waals surface area contributed by atoms with Crippen LogP contribution in [0.1, 0.15) is 44.9 Å². The van der Waals surface area contributed by atoms with E-state index in [0.717, 1.165) is 44.7 Å². The van der Waals surface area contributed by atoms with Gasteiger partial charge in [0.15, 0.2) is 0 Å². The molecule has 0 radical (unpaired) electrons. The lowest BCUT2D eigenvalue weighted by atomic mass is 9.94. The third-order valence-electron chi connectivity index (χ3n) is 4.26. The molecule has 0 amide bonds. The maximum Gasteiger partial charge on any atom is 0.228 e. The molecule has 2 N–H and O–H groups in total. The number of hydrogen-bond acceptors (Lipinski definition) is 5. The Morgan fingerprint density at radius 1 is 1.10 bits per heavy atom. The van der Waals surface area contributed by atoms with E-state index < -0.39 is 0 Å². The first kappa shape index (κ1) is 13.6. The van der Waals surface area contributed by atoms with Crippen LogP contribution < -0.4 is 15.4 Å². The van der Waals surface area contributed by atoms with Gasteiger partial charge < -0.3 is 15.4 Å². The topological polar surface area (TPSA) is 64.3 Å². The van der Waals surface area contributed by atoms with Crippen molar-refractivity contribution < 1.29 is 4.74 Å². The zero-order valence-electron chi connectivity index (χ0n) is 12.0. The average Bonchev–Trinajstić information content (AvgIpc) is 2.51. The monoisotopic (exact) mass is 276 g/mol. The summed E-state index contributed by atoms with van der Waals surface area (Å²) in [5, 5.41) is 0. The standard InChI is InChI=1S/C15H24N4O/c16-12-4-6-13(7-5-12)20-14-8-9-17-15(18-14)19-10-2-1-3-11-19/h8-9,12-13H,1-7,10-11,16H2. The summed E-state index contributed by atoms with van der Waals surface area (Å²) < 4.78 is 6.00. The fourth-order valence-electron chi connectivity index (χ4n) is 3.02. The van der Waals surface area contributed by atoms with E-state index in [1.807, 2.05) is 6.07 Å². The van der Waals surface area contributed by atoms with Crippen molar-refractivity contribution in [2.75, 3.05) is 18.0 Å². The van der Waals surface area contributed by atoms with Crippen LogP contribution in [0, 0.1) is 0 Å². The first-order valence-electron chi connectivity index (χ1n) is 7.81. The minimum atomic E-state index is 0.263. The Balaban J connectivity index is 1.62. The van der Waals surface area contributed by atoms with Crippen LogP contribution >= 0.6 is 0 Å². The number of hydrogen-bond donors (Lipinski definition) is 1. The lowest BCUT2D eigenvalue weighted by molar-refractivity contribution is 0.141. The van der Waals surface area contributed by atoms with Crippen molar-refractivity contribution in [3.63, 3.8) is 0 Å². The van der Waals surface area contributed by atoms with Crippen LogP contribution in [0.2, 0.25) is 0 Å². The Labute approximate surface area is 120 Å². The molecule has 0 aromatic carbocycles. The highest BCUT2D eigenvalue weighted by atomic mass is 16.5. The van der Waals surface area contributed by atoms with Gasteiger partial charge in [0.2, 0.25) is 11.8 Å². The molecule has 1 aliphatic carbocycles. The van der Waals surface area contributed by atoms with E-state index in [1.54, 1.807) is 6.20 Å². The Bertz CT molecular complexity index is 426. The van der Waals surface area contributed by atoms with Gasteiger partial charge in [0.25, 0.3) is 0 Å². The van der Waals surface area contributed by atoms with E-state index in [9.17, 15) is 0 Å². The summed E-state index contributed by atoms with van der Waals surface area (Å²) in [5.74, 6) is 1.52. The minimum absolute atomic E-state index is 0.263. The van der Waals surface area contributed by atoms with Gasteiger partial charge in [-0.25, -0.2) is 4.98 Å². The molecule has 2 aliphatic rings. The molecule has 0 bridgehead atoms. The van der Waals surface area contributed by atoms with Crippen LogP contribution in [0.3, 0.4) is 0 Å². The van der Waals surface area contributed by atoms with Gasteiger partial charge >= 0.3 is 0 Å². The Hall–Kier alpha value is -1.36. The smallest absolute Gasteiger partial charge is 0.228 e. The second-order valence-electron chi connectivity index (χ2n) is 5.90. The molecule has 0 spiro atoms. The van der Waals surface area contributed by atoms with Crippen LogP contribution in [0.4, 0.5) is 5.95 Å². The fourth-order valence-corrected chi connectivity index (χ4v) is 3.02. The van der Waals surface area contributed by atoms with E-state index in [2.05, 4.69) is 14.9 Å². The maximum atomic E-state index is 6.00. The second kappa shape index (κ2) is 6.39. The predicted octanol–water partition coefficient (Wildman–Crippen LogP) is 2.12. The van der Waals surface area contributed by atoms with Gasteiger partial charge in [-0.05, 0) is 44.9 Å². The molecule has 3 rings (SSSR count). The van der Waals surface area contributed by atoms with Crippen molar-refractivity contribution in [3.8, 4) is 5.88 Å². The molecule has 1 aromatic rings. The lowest BCUT2D eigenvalue weighted by Gasteiger charge is -2.28. The summed E-state index contributed by atoms with van der Waals surface area (Å²) in [4.78, 5) is 11.2. The quantitative estimate of drug-likeness (QED) is 0.916. The van der Waals surface area contributed by atoms with Crippen LogP contribution in [0.15, 0.2) is 12.3 Å². The van der Waals surface area contributed by atoms with E-state index in [0.29, 0.717) is 11.9 Å². The van der Waals surface area contributed by atoms with Crippen molar-refractivity contribution in [1.82, 2.24) is 9.97 Å². The number of ether oxygens (including phenoxy) is 1. The van der Waals surface area contributed by atoms with E-state index in [4.69, 9.17) is 10.5 Å². The molecule has 1 saturated carbocycles. The molecular weight excluding hydrogens is 252 g/mol. The Morgan fingerprint density at radius 2 is 1.85 bits per heavy atom. The molecule has 2 fully saturated rings. The molecular formula is C15H24N4O. The predicted molar refractivity (Wildman–Crippen MR) is 79.0 cm³/mol. The van der Waals surface area contributed by atoms with Crippen LogP contribution in [0.25, 0.3) is 0 Å². The number of aromatic nitrogens is 2. The van der Waals surface area contributed by atoms with Crippen LogP contribution in [-0.4, -0.2) is 35.2 Å². The van der Waals surface area contributed by atoms with Crippen LogP contribution in [-0.2, 0) is 0 Å². The van der Waals surface area contributed by atoms with Crippen molar-refractivity contribution in [2.45, 2.75) is 57.1 Å². The summed E-state index contributed by atoms with van der Waals surface area (Å²) >= 11 is 0. The average molecular weight is 276 g/mol. The number of nitrogens with zero attached hydrogens (tertiary/aromatic N) is 3. The third-order valence-corrected chi connectivity index (χ3v) is 4.26. The highest BCUT2D eigenvalue weighted by molar-refractivity contribution is 5.32. The summed E-state index contributed by atoms with van der Waals surface area (Å²) in [6, 6.07) is 2.21. The zero-order valence-corrected chi connectivity index (χ0v) is 12.0. The largest absolute Gasteiger partial charge is 0.474 e. The third kappa shape index (κ3) is 3.39. The molecule has 1 aromatic heterocycles. The van der Waals surface area contributed by atoms with E-state index in [-0.39, 0.29) is 6.10 Å². The Morgan fingerprint density at radius 3 is 2.60 bits per heavy atom. The van der Waals surface area contributed by atoms with E-state index >= 15 is 0 Å². The summed E-state index contributed by atoms with van der Waals surface area (Å²) in [5.41, 5.74) is 5.92. The SMILES string of the molecule is NC1CCC(Oc2ccnc(N3CCCCC3)n2)CC1. The maximum absolute atomic E-state index is 6.00. The number of rotatable bonds is 3. The number of piperidine rings is 1. The molecule has 0 unspecified atom stereocenters. The molecule has 0 atom stereocenters. The van der Waals surface area contributed by atoms with Gasteiger partial charge in [0.05, 0.1) is 0 Å². The zero-order chi connectivity index (χ0) is 13.8. The van der Waals surface area contributed by atoms with Gasteiger partial charge in [-0.1, -0.05) is 0 Å². The molecule has 1 aliphatic heterocycles. The summed E-state index contributed by atoms with van der Waals surface area (Å²) in [6.45, 7) is 2.11. The normalized spacial score (nSPS) is 27.4. The first-order valence-corrected chi connectivity index (χ1v) is 7.81. The molecule has 110 valence electrons. The molecule has 1 saturated heterocycles. The molecule has 2 heterocycles. The van der Waals surface area contributed by atoms with Crippen molar-refractivity contribution in [3.05, 3.63) is 12.3 Å². The van der Waals surface area contributed by atoms with Gasteiger partial charge in [-0.3, -0.25) is 0 Å². The highest BCUT2D eigenvalue weighted by Crippen LogP contribution is 2.23. The van der Waals surface area contributed by atoms with Crippen molar-refractivity contribution in [1.29, 1.82) is 0 Å². The molecule has 5 nitrogen and oxygen atoms in total. The number of nitrogens with two attached hydrogens (primary N) is 1. The van der Waals surface area contributed by atoms with Gasteiger partial charge in [-0.2, -0.15) is 4.98 Å². The van der Waals surface area contributed by atoms with Gasteiger partial charge in [0, 0.05) is 31.4 Å². The fraction of sp³-hybridized carbons (Fsp3) is 0.733.